The minimum absolute atomic E-state index is 0.0246. The van der Waals surface area contributed by atoms with E-state index in [-0.39, 0.29) is 5.57 Å². The minimum Gasteiger partial charge on any atom is -0.493 e. The second-order valence-electron chi connectivity index (χ2n) is 4.78. The largest absolute Gasteiger partial charge is 0.493 e. The molecule has 1 rings (SSSR count). The number of rotatable bonds is 9. The molecule has 0 unspecified atom stereocenters. The quantitative estimate of drug-likeness (QED) is 0.329. The number of hydrogen-bond donors (Lipinski definition) is 1. The summed E-state index contributed by atoms with van der Waals surface area (Å²) in [5, 5.41) is 11.7. The molecule has 0 saturated heterocycles. The third-order valence-electron chi connectivity index (χ3n) is 3.03. The summed E-state index contributed by atoms with van der Waals surface area (Å²) in [6.45, 7) is 6.50. The van der Waals surface area contributed by atoms with Crippen LogP contribution in [0.5, 0.6) is 11.5 Å². The fourth-order valence-corrected chi connectivity index (χ4v) is 1.80. The predicted octanol–water partition coefficient (Wildman–Crippen LogP) is 3.08. The number of amides is 1. The molecule has 0 aliphatic carbocycles. The molecule has 1 amide bonds. The monoisotopic (exact) mass is 314 g/mol. The van der Waals surface area contributed by atoms with Crippen LogP contribution in [0.25, 0.3) is 6.08 Å². The number of carbonyl (C=O) groups is 1. The number of benzene rings is 1. The van der Waals surface area contributed by atoms with Crippen molar-refractivity contribution >= 4 is 12.0 Å². The Morgan fingerprint density at radius 3 is 2.83 bits per heavy atom. The topological polar surface area (TPSA) is 71.4 Å². The highest BCUT2D eigenvalue weighted by atomic mass is 16.5. The van der Waals surface area contributed by atoms with Crippen molar-refractivity contribution in [2.45, 2.75) is 19.8 Å². The standard InChI is InChI=1S/C18H22N2O3/c1-4-6-10-23-17-12-14(7-8-16(17)22-3)11-15(13-19)18(21)20-9-5-2/h5,7-8,11-12H,2,4,6,9-10H2,1,3H3,(H,20,21)/b15-11+. The first kappa shape index (κ1) is 18.3. The Balaban J connectivity index is 2.99. The SMILES string of the molecule is C=CCNC(=O)/C(C#N)=C/c1ccc(OC)c(OCCCC)c1. The van der Waals surface area contributed by atoms with Crippen LogP contribution in [0, 0.1) is 11.3 Å². The molecule has 0 atom stereocenters. The van der Waals surface area contributed by atoms with Gasteiger partial charge >= 0.3 is 0 Å². The maximum absolute atomic E-state index is 11.9. The average molecular weight is 314 g/mol. The van der Waals surface area contributed by atoms with E-state index in [1.54, 1.807) is 31.4 Å². The summed E-state index contributed by atoms with van der Waals surface area (Å²) in [4.78, 5) is 11.9. The lowest BCUT2D eigenvalue weighted by atomic mass is 10.1. The zero-order chi connectivity index (χ0) is 17.1. The smallest absolute Gasteiger partial charge is 0.262 e. The number of hydrogen-bond acceptors (Lipinski definition) is 4. The predicted molar refractivity (Wildman–Crippen MR) is 90.2 cm³/mol. The van der Waals surface area contributed by atoms with Crippen molar-refractivity contribution in [3.05, 3.63) is 42.0 Å². The van der Waals surface area contributed by atoms with E-state index in [1.807, 2.05) is 6.07 Å². The fraction of sp³-hybridized carbons (Fsp3) is 0.333. The van der Waals surface area contributed by atoms with Crippen LogP contribution in [0.1, 0.15) is 25.3 Å². The number of nitrogens with zero attached hydrogens (tertiary/aromatic N) is 1. The Hall–Kier alpha value is -2.74. The third-order valence-corrected chi connectivity index (χ3v) is 3.03. The molecule has 0 aromatic heterocycles. The maximum Gasteiger partial charge on any atom is 0.262 e. The van der Waals surface area contributed by atoms with E-state index in [4.69, 9.17) is 14.7 Å². The Bertz CT molecular complexity index is 615. The average Bonchev–Trinajstić information content (AvgIpc) is 2.58. The molecule has 0 radical (unpaired) electrons. The summed E-state index contributed by atoms with van der Waals surface area (Å²) in [6.07, 6.45) is 5.05. The fourth-order valence-electron chi connectivity index (χ4n) is 1.80. The van der Waals surface area contributed by atoms with E-state index >= 15 is 0 Å². The maximum atomic E-state index is 11.9. The summed E-state index contributed by atoms with van der Waals surface area (Å²) in [5.74, 6) is 0.781. The number of nitriles is 1. The van der Waals surface area contributed by atoms with Crippen LogP contribution in [-0.2, 0) is 4.79 Å². The zero-order valence-electron chi connectivity index (χ0n) is 13.6. The second kappa shape index (κ2) is 10.1. The number of methoxy groups -OCH3 is 1. The van der Waals surface area contributed by atoms with E-state index in [9.17, 15) is 4.79 Å². The van der Waals surface area contributed by atoms with Gasteiger partial charge in [-0.15, -0.1) is 6.58 Å². The molecule has 23 heavy (non-hydrogen) atoms. The molecule has 0 saturated carbocycles. The van der Waals surface area contributed by atoms with Crippen LogP contribution in [0.15, 0.2) is 36.4 Å². The lowest BCUT2D eigenvalue weighted by Gasteiger charge is -2.11. The van der Waals surface area contributed by atoms with Gasteiger partial charge in [-0.05, 0) is 30.2 Å². The third kappa shape index (κ3) is 5.87. The Labute approximate surface area is 137 Å². The normalized spacial score (nSPS) is 10.6. The lowest BCUT2D eigenvalue weighted by Crippen LogP contribution is -2.24. The van der Waals surface area contributed by atoms with Crippen LogP contribution in [0.4, 0.5) is 0 Å². The Morgan fingerprint density at radius 2 is 2.22 bits per heavy atom. The van der Waals surface area contributed by atoms with Crippen molar-refractivity contribution in [3.8, 4) is 17.6 Å². The molecule has 5 nitrogen and oxygen atoms in total. The summed E-state index contributed by atoms with van der Waals surface area (Å²) in [5.41, 5.74) is 0.721. The van der Waals surface area contributed by atoms with Gasteiger partial charge in [0.2, 0.25) is 0 Å². The zero-order valence-corrected chi connectivity index (χ0v) is 13.6. The molecule has 0 fully saturated rings. The number of unbranched alkanes of at least 4 members (excludes halogenated alkanes) is 1. The molecule has 0 aliphatic rings. The van der Waals surface area contributed by atoms with Gasteiger partial charge in [0, 0.05) is 6.54 Å². The summed E-state index contributed by atoms with van der Waals surface area (Å²) >= 11 is 0. The van der Waals surface area contributed by atoms with E-state index in [1.165, 1.54) is 6.08 Å². The highest BCUT2D eigenvalue weighted by Gasteiger charge is 2.10. The lowest BCUT2D eigenvalue weighted by molar-refractivity contribution is -0.116. The van der Waals surface area contributed by atoms with E-state index in [0.29, 0.717) is 30.2 Å². The van der Waals surface area contributed by atoms with Gasteiger partial charge < -0.3 is 14.8 Å². The first-order valence-electron chi connectivity index (χ1n) is 7.48. The van der Waals surface area contributed by atoms with Gasteiger partial charge in [-0.3, -0.25) is 4.79 Å². The summed E-state index contributed by atoms with van der Waals surface area (Å²) < 4.78 is 11.0. The number of ether oxygens (including phenoxy) is 2. The number of carbonyl (C=O) groups excluding carboxylic acids is 1. The first-order valence-corrected chi connectivity index (χ1v) is 7.48. The highest BCUT2D eigenvalue weighted by Crippen LogP contribution is 2.29. The molecular formula is C18H22N2O3. The van der Waals surface area contributed by atoms with Crippen molar-refractivity contribution < 1.29 is 14.3 Å². The molecule has 0 spiro atoms. The molecule has 5 heteroatoms. The van der Waals surface area contributed by atoms with Crippen molar-refractivity contribution in [1.82, 2.24) is 5.32 Å². The van der Waals surface area contributed by atoms with Gasteiger partial charge in [-0.2, -0.15) is 5.26 Å². The second-order valence-corrected chi connectivity index (χ2v) is 4.78. The minimum atomic E-state index is -0.434. The molecule has 1 aromatic rings. The van der Waals surface area contributed by atoms with Gasteiger partial charge in [0.25, 0.3) is 5.91 Å². The van der Waals surface area contributed by atoms with E-state index in [2.05, 4.69) is 18.8 Å². The summed E-state index contributed by atoms with van der Waals surface area (Å²) in [7, 11) is 1.57. The van der Waals surface area contributed by atoms with Crippen LogP contribution in [0.3, 0.4) is 0 Å². The van der Waals surface area contributed by atoms with Crippen LogP contribution >= 0.6 is 0 Å². The Kier molecular flexibility index (Phi) is 8.01. The van der Waals surface area contributed by atoms with Gasteiger partial charge in [0.1, 0.15) is 11.6 Å². The molecule has 0 aliphatic heterocycles. The molecule has 0 heterocycles. The van der Waals surface area contributed by atoms with Crippen LogP contribution in [-0.4, -0.2) is 26.2 Å². The number of nitrogens with one attached hydrogen (secondary N) is 1. The Morgan fingerprint density at radius 1 is 1.43 bits per heavy atom. The van der Waals surface area contributed by atoms with Gasteiger partial charge in [0.05, 0.1) is 13.7 Å². The van der Waals surface area contributed by atoms with Gasteiger partial charge in [-0.1, -0.05) is 25.5 Å². The van der Waals surface area contributed by atoms with Crippen molar-refractivity contribution in [3.63, 3.8) is 0 Å². The van der Waals surface area contributed by atoms with Crippen LogP contribution in [0.2, 0.25) is 0 Å². The highest BCUT2D eigenvalue weighted by molar-refractivity contribution is 6.01. The first-order chi connectivity index (χ1) is 11.2. The molecule has 0 bridgehead atoms. The molecule has 122 valence electrons. The van der Waals surface area contributed by atoms with Gasteiger partial charge in [-0.25, -0.2) is 0 Å². The van der Waals surface area contributed by atoms with Crippen molar-refractivity contribution in [2.24, 2.45) is 0 Å². The van der Waals surface area contributed by atoms with Gasteiger partial charge in [0.15, 0.2) is 11.5 Å². The van der Waals surface area contributed by atoms with E-state index in [0.717, 1.165) is 12.8 Å². The van der Waals surface area contributed by atoms with E-state index < -0.39 is 5.91 Å². The molecule has 1 N–H and O–H groups in total. The summed E-state index contributed by atoms with van der Waals surface area (Å²) in [6, 6.07) is 7.18. The van der Waals surface area contributed by atoms with Crippen LogP contribution < -0.4 is 14.8 Å². The molecular weight excluding hydrogens is 292 g/mol. The van der Waals surface area contributed by atoms with Crippen molar-refractivity contribution in [1.29, 1.82) is 5.26 Å². The molecule has 1 aromatic carbocycles. The van der Waals surface area contributed by atoms with Crippen molar-refractivity contribution in [2.75, 3.05) is 20.3 Å².